The molecule has 0 bridgehead atoms. The van der Waals surface area contributed by atoms with E-state index in [1.165, 1.54) is 45.2 Å². The number of rotatable bonds is 5. The number of hydrogen-bond donors (Lipinski definition) is 1. The van der Waals surface area contributed by atoms with Crippen molar-refractivity contribution >= 4 is 0 Å². The van der Waals surface area contributed by atoms with Crippen LogP contribution >= 0.6 is 0 Å². The molecule has 0 heterocycles. The summed E-state index contributed by atoms with van der Waals surface area (Å²) in [6.45, 7) is 7.06. The van der Waals surface area contributed by atoms with Crippen LogP contribution in [-0.4, -0.2) is 13.1 Å². The van der Waals surface area contributed by atoms with Crippen LogP contribution in [0.25, 0.3) is 0 Å². The van der Waals surface area contributed by atoms with Crippen molar-refractivity contribution in [1.82, 2.24) is 5.32 Å². The van der Waals surface area contributed by atoms with Gasteiger partial charge in [0.15, 0.2) is 0 Å². The molecule has 1 rings (SSSR count). The van der Waals surface area contributed by atoms with Crippen LogP contribution in [0.1, 0.15) is 46.0 Å². The first-order chi connectivity index (χ1) is 5.84. The van der Waals surface area contributed by atoms with Gasteiger partial charge in [-0.2, -0.15) is 0 Å². The Hall–Kier alpha value is -0.0400. The molecular formula is C11H23N. The zero-order chi connectivity index (χ0) is 8.81. The molecule has 0 aliphatic heterocycles. The van der Waals surface area contributed by atoms with Crippen molar-refractivity contribution in [2.24, 2.45) is 11.8 Å². The summed E-state index contributed by atoms with van der Waals surface area (Å²) >= 11 is 0. The molecule has 0 aromatic carbocycles. The molecule has 0 amide bonds. The Morgan fingerprint density at radius 1 is 1.33 bits per heavy atom. The highest BCUT2D eigenvalue weighted by molar-refractivity contribution is 4.73. The van der Waals surface area contributed by atoms with Crippen molar-refractivity contribution < 1.29 is 0 Å². The van der Waals surface area contributed by atoms with Gasteiger partial charge < -0.3 is 5.32 Å². The molecule has 12 heavy (non-hydrogen) atoms. The van der Waals surface area contributed by atoms with E-state index in [2.05, 4.69) is 19.2 Å². The largest absolute Gasteiger partial charge is 0.316 e. The van der Waals surface area contributed by atoms with Gasteiger partial charge in [0, 0.05) is 0 Å². The first kappa shape index (κ1) is 10.0. The van der Waals surface area contributed by atoms with Gasteiger partial charge in [-0.15, -0.1) is 0 Å². The van der Waals surface area contributed by atoms with E-state index in [9.17, 15) is 0 Å². The molecule has 1 aliphatic rings. The number of hydrogen-bond acceptors (Lipinski definition) is 1. The van der Waals surface area contributed by atoms with Crippen LogP contribution in [0.4, 0.5) is 0 Å². The Morgan fingerprint density at radius 3 is 2.58 bits per heavy atom. The summed E-state index contributed by atoms with van der Waals surface area (Å²) < 4.78 is 0. The highest BCUT2D eigenvalue weighted by Crippen LogP contribution is 2.30. The Kier molecular flexibility index (Phi) is 4.67. The van der Waals surface area contributed by atoms with Gasteiger partial charge in [0.25, 0.3) is 0 Å². The average Bonchev–Trinajstić information content (AvgIpc) is 2.56. The van der Waals surface area contributed by atoms with Gasteiger partial charge in [0.1, 0.15) is 0 Å². The van der Waals surface area contributed by atoms with Crippen LogP contribution in [-0.2, 0) is 0 Å². The standard InChI is InChI=1S/C11H23N/c1-3-8-12-9-10(2)11-6-4-5-7-11/h10-12H,3-9H2,1-2H3. The fourth-order valence-electron chi connectivity index (χ4n) is 2.20. The van der Waals surface area contributed by atoms with Gasteiger partial charge in [0.05, 0.1) is 0 Å². The first-order valence-electron chi connectivity index (χ1n) is 5.55. The molecular weight excluding hydrogens is 146 g/mol. The van der Waals surface area contributed by atoms with Gasteiger partial charge in [0.2, 0.25) is 0 Å². The minimum Gasteiger partial charge on any atom is -0.316 e. The van der Waals surface area contributed by atoms with Crippen LogP contribution in [0, 0.1) is 11.8 Å². The monoisotopic (exact) mass is 169 g/mol. The number of nitrogens with one attached hydrogen (secondary N) is 1. The topological polar surface area (TPSA) is 12.0 Å². The molecule has 1 nitrogen and oxygen atoms in total. The third kappa shape index (κ3) is 3.14. The third-order valence-corrected chi connectivity index (χ3v) is 3.10. The molecule has 0 aromatic rings. The molecule has 1 saturated carbocycles. The first-order valence-corrected chi connectivity index (χ1v) is 5.55. The van der Waals surface area contributed by atoms with Gasteiger partial charge >= 0.3 is 0 Å². The van der Waals surface area contributed by atoms with Gasteiger partial charge in [-0.05, 0) is 31.3 Å². The van der Waals surface area contributed by atoms with E-state index in [0.717, 1.165) is 11.8 Å². The molecule has 0 spiro atoms. The maximum absolute atomic E-state index is 3.51. The van der Waals surface area contributed by atoms with Crippen molar-refractivity contribution in [2.75, 3.05) is 13.1 Å². The van der Waals surface area contributed by atoms with E-state index in [0.29, 0.717) is 0 Å². The van der Waals surface area contributed by atoms with Crippen molar-refractivity contribution in [3.05, 3.63) is 0 Å². The molecule has 0 aromatic heterocycles. The lowest BCUT2D eigenvalue weighted by atomic mass is 9.93. The van der Waals surface area contributed by atoms with Crippen molar-refractivity contribution in [3.63, 3.8) is 0 Å². The van der Waals surface area contributed by atoms with Crippen LogP contribution in [0.3, 0.4) is 0 Å². The predicted molar refractivity (Wildman–Crippen MR) is 54.3 cm³/mol. The summed E-state index contributed by atoms with van der Waals surface area (Å²) in [5.41, 5.74) is 0. The Bertz CT molecular complexity index is 106. The van der Waals surface area contributed by atoms with E-state index < -0.39 is 0 Å². The molecule has 0 radical (unpaired) electrons. The lowest BCUT2D eigenvalue weighted by molar-refractivity contribution is 0.349. The lowest BCUT2D eigenvalue weighted by Gasteiger charge is -2.18. The maximum Gasteiger partial charge on any atom is -0.00205 e. The van der Waals surface area contributed by atoms with Crippen LogP contribution < -0.4 is 5.32 Å². The quantitative estimate of drug-likeness (QED) is 0.624. The highest BCUT2D eigenvalue weighted by Gasteiger charge is 2.20. The van der Waals surface area contributed by atoms with Gasteiger partial charge in [-0.3, -0.25) is 0 Å². The predicted octanol–water partition coefficient (Wildman–Crippen LogP) is 2.81. The smallest absolute Gasteiger partial charge is 0.00205 e. The molecule has 1 unspecified atom stereocenters. The Labute approximate surface area is 76.9 Å². The van der Waals surface area contributed by atoms with Crippen LogP contribution in [0.2, 0.25) is 0 Å². The second-order valence-corrected chi connectivity index (χ2v) is 4.23. The van der Waals surface area contributed by atoms with E-state index in [1.807, 2.05) is 0 Å². The fraction of sp³-hybridized carbons (Fsp3) is 1.00. The summed E-state index contributed by atoms with van der Waals surface area (Å²) in [5.74, 6) is 1.92. The normalized spacial score (nSPS) is 21.5. The summed E-state index contributed by atoms with van der Waals surface area (Å²) in [7, 11) is 0. The molecule has 1 atom stereocenters. The minimum atomic E-state index is 0.902. The second kappa shape index (κ2) is 5.58. The molecule has 72 valence electrons. The van der Waals surface area contributed by atoms with Crippen molar-refractivity contribution in [1.29, 1.82) is 0 Å². The van der Waals surface area contributed by atoms with E-state index in [4.69, 9.17) is 0 Å². The molecule has 1 fully saturated rings. The molecule has 1 aliphatic carbocycles. The minimum absolute atomic E-state index is 0.902. The van der Waals surface area contributed by atoms with E-state index in [-0.39, 0.29) is 0 Å². The Morgan fingerprint density at radius 2 is 2.00 bits per heavy atom. The highest BCUT2D eigenvalue weighted by atomic mass is 14.8. The maximum atomic E-state index is 3.51. The zero-order valence-electron chi connectivity index (χ0n) is 8.60. The zero-order valence-corrected chi connectivity index (χ0v) is 8.60. The Balaban J connectivity index is 2.05. The summed E-state index contributed by atoms with van der Waals surface area (Å²) in [6, 6.07) is 0. The van der Waals surface area contributed by atoms with Gasteiger partial charge in [-0.1, -0.05) is 39.5 Å². The third-order valence-electron chi connectivity index (χ3n) is 3.10. The lowest BCUT2D eigenvalue weighted by Crippen LogP contribution is -2.25. The fourth-order valence-corrected chi connectivity index (χ4v) is 2.20. The van der Waals surface area contributed by atoms with Crippen molar-refractivity contribution in [2.45, 2.75) is 46.0 Å². The summed E-state index contributed by atoms with van der Waals surface area (Å²) in [5, 5.41) is 3.51. The second-order valence-electron chi connectivity index (χ2n) is 4.23. The van der Waals surface area contributed by atoms with E-state index in [1.54, 1.807) is 0 Å². The summed E-state index contributed by atoms with van der Waals surface area (Å²) in [6.07, 6.45) is 7.17. The van der Waals surface area contributed by atoms with Crippen LogP contribution in [0.15, 0.2) is 0 Å². The van der Waals surface area contributed by atoms with Crippen molar-refractivity contribution in [3.8, 4) is 0 Å². The average molecular weight is 169 g/mol. The SMILES string of the molecule is CCCNCC(C)C1CCCC1. The molecule has 0 saturated heterocycles. The van der Waals surface area contributed by atoms with Crippen LogP contribution in [0.5, 0.6) is 0 Å². The summed E-state index contributed by atoms with van der Waals surface area (Å²) in [4.78, 5) is 0. The van der Waals surface area contributed by atoms with E-state index >= 15 is 0 Å². The molecule has 1 heteroatoms. The van der Waals surface area contributed by atoms with Gasteiger partial charge in [-0.25, -0.2) is 0 Å². The molecule has 1 N–H and O–H groups in total.